The number of hydrogen-bond donors (Lipinski definition) is 0. The van der Waals surface area contributed by atoms with Gasteiger partial charge in [-0.15, -0.1) is 22.7 Å². The second-order valence-electron chi connectivity index (χ2n) is 15.9. The van der Waals surface area contributed by atoms with Crippen molar-refractivity contribution in [1.29, 1.82) is 0 Å². The van der Waals surface area contributed by atoms with E-state index in [1.807, 2.05) is 22.7 Å². The molecule has 0 spiro atoms. The minimum Gasteiger partial charge on any atom is -0.309 e. The van der Waals surface area contributed by atoms with E-state index in [-0.39, 0.29) is 0 Å². The molecule has 12 aromatic rings. The highest BCUT2D eigenvalue weighted by molar-refractivity contribution is 7.26. The fourth-order valence-electron chi connectivity index (χ4n) is 10.6. The normalized spacial score (nSPS) is 12.8. The molecule has 9 aromatic carbocycles. The van der Waals surface area contributed by atoms with Gasteiger partial charge in [-0.2, -0.15) is 0 Å². The monoisotopic (exact) mass is 769 g/mol. The van der Waals surface area contributed by atoms with Crippen molar-refractivity contribution < 1.29 is 0 Å². The Hall–Kier alpha value is -6.78. The topological polar surface area (TPSA) is 4.93 Å². The molecule has 3 heteroatoms. The summed E-state index contributed by atoms with van der Waals surface area (Å²) in [7, 11) is 0. The fraction of sp³-hybridized carbons (Fsp3) is 0.0182. The second kappa shape index (κ2) is 11.4. The molecule has 0 saturated heterocycles. The molecule has 0 atom stereocenters. The molecule has 14 rings (SSSR count). The first-order valence-electron chi connectivity index (χ1n) is 20.0. The quantitative estimate of drug-likeness (QED) is 0.157. The first kappa shape index (κ1) is 31.3. The molecular weight excluding hydrogens is 739 g/mol. The van der Waals surface area contributed by atoms with Crippen LogP contribution in [0.15, 0.2) is 176 Å². The van der Waals surface area contributed by atoms with Gasteiger partial charge in [-0.25, -0.2) is 0 Å². The molecule has 0 radical (unpaired) electrons. The predicted molar refractivity (Wildman–Crippen MR) is 250 cm³/mol. The maximum Gasteiger partial charge on any atom is 0.0547 e. The number of aromatic nitrogens is 1. The molecular formula is C55H31NS2. The Bertz CT molecular complexity index is 3760. The Kier molecular flexibility index (Phi) is 6.17. The number of para-hydroxylation sites is 2. The van der Waals surface area contributed by atoms with E-state index < -0.39 is 0 Å². The standard InChI is InChI=1S/C55H31NS2/c1-2-13-33(14-3-1)56-46-19-9-6-16-35(46)43-29-42-41-28-40-32(26-31-12-4-5-15-34(31)40)27-44(41)52-36(22-24-50-54(52)38-17-7-10-20-48(38)57-50)37-23-25-51-55(53(37)45(42)30-47(43)56)39-18-8-11-21-49(39)58-51/h1-25,27-30H,26H2. The van der Waals surface area contributed by atoms with Gasteiger partial charge in [0.1, 0.15) is 0 Å². The lowest BCUT2D eigenvalue weighted by molar-refractivity contribution is 1.18. The van der Waals surface area contributed by atoms with Crippen LogP contribution >= 0.6 is 22.7 Å². The highest BCUT2D eigenvalue weighted by Gasteiger charge is 2.31. The minimum absolute atomic E-state index is 0.947. The zero-order valence-corrected chi connectivity index (χ0v) is 32.8. The number of thiophene rings is 2. The summed E-state index contributed by atoms with van der Waals surface area (Å²) >= 11 is 3.82. The average molecular weight is 770 g/mol. The van der Waals surface area contributed by atoms with Gasteiger partial charge in [-0.1, -0.05) is 109 Å². The lowest BCUT2D eigenvalue weighted by Gasteiger charge is -2.26. The second-order valence-corrected chi connectivity index (χ2v) is 18.1. The van der Waals surface area contributed by atoms with Crippen LogP contribution in [-0.4, -0.2) is 4.57 Å². The summed E-state index contributed by atoms with van der Waals surface area (Å²) in [5.41, 5.74) is 19.6. The highest BCUT2D eigenvalue weighted by Crippen LogP contribution is 2.57. The van der Waals surface area contributed by atoms with Gasteiger partial charge in [0.15, 0.2) is 0 Å². The van der Waals surface area contributed by atoms with Gasteiger partial charge in [0.05, 0.1) is 11.0 Å². The fourth-order valence-corrected chi connectivity index (χ4v) is 12.8. The third-order valence-corrected chi connectivity index (χ3v) is 15.2. The van der Waals surface area contributed by atoms with Crippen molar-refractivity contribution in [2.24, 2.45) is 0 Å². The van der Waals surface area contributed by atoms with E-state index in [0.29, 0.717) is 0 Å². The number of rotatable bonds is 1. The Morgan fingerprint density at radius 2 is 0.914 bits per heavy atom. The largest absolute Gasteiger partial charge is 0.309 e. The highest BCUT2D eigenvalue weighted by atomic mass is 32.1. The van der Waals surface area contributed by atoms with Gasteiger partial charge in [0.2, 0.25) is 0 Å². The summed E-state index contributed by atoms with van der Waals surface area (Å²) in [5, 5.41) is 7.90. The SMILES string of the molecule is c1ccc(-n2c3ccccc3c3cc4c(cc32)-c2c(ccc3sc5ccccc5c23)-c2ccc3sc5ccccc5c3c2-c2cc3c(cc2-4)-c2ccccc2C3)cc1. The van der Waals surface area contributed by atoms with Crippen LogP contribution in [-0.2, 0) is 6.42 Å². The van der Waals surface area contributed by atoms with Crippen molar-refractivity contribution in [3.63, 3.8) is 0 Å². The van der Waals surface area contributed by atoms with Crippen molar-refractivity contribution >= 4 is 84.8 Å². The smallest absolute Gasteiger partial charge is 0.0547 e. The number of hydrogen-bond acceptors (Lipinski definition) is 2. The van der Waals surface area contributed by atoms with Crippen molar-refractivity contribution in [2.45, 2.75) is 6.42 Å². The van der Waals surface area contributed by atoms with Gasteiger partial charge in [0.25, 0.3) is 0 Å². The lowest BCUT2D eigenvalue weighted by Crippen LogP contribution is -2.00. The molecule has 58 heavy (non-hydrogen) atoms. The molecule has 2 aliphatic carbocycles. The van der Waals surface area contributed by atoms with Crippen LogP contribution in [0.5, 0.6) is 0 Å². The van der Waals surface area contributed by atoms with Crippen LogP contribution in [0.25, 0.3) is 123 Å². The van der Waals surface area contributed by atoms with Crippen LogP contribution in [0.4, 0.5) is 0 Å². The number of benzene rings is 9. The predicted octanol–water partition coefficient (Wildman–Crippen LogP) is 16.1. The third-order valence-electron chi connectivity index (χ3n) is 13.0. The van der Waals surface area contributed by atoms with Crippen LogP contribution in [0.1, 0.15) is 11.1 Å². The van der Waals surface area contributed by atoms with Crippen molar-refractivity contribution in [1.82, 2.24) is 4.57 Å². The average Bonchev–Trinajstić information content (AvgIpc) is 4.03. The summed E-state index contributed by atoms with van der Waals surface area (Å²) in [4.78, 5) is 0. The van der Waals surface area contributed by atoms with E-state index in [1.54, 1.807) is 0 Å². The summed E-state index contributed by atoms with van der Waals surface area (Å²) in [6.07, 6.45) is 0.947. The lowest BCUT2D eigenvalue weighted by atomic mass is 9.77. The zero-order valence-electron chi connectivity index (χ0n) is 31.2. The Labute approximate surface area is 342 Å². The molecule has 3 heterocycles. The van der Waals surface area contributed by atoms with Gasteiger partial charge in [0, 0.05) is 56.8 Å². The Morgan fingerprint density at radius 1 is 0.328 bits per heavy atom. The van der Waals surface area contributed by atoms with Crippen LogP contribution in [0.3, 0.4) is 0 Å². The molecule has 3 aromatic heterocycles. The summed E-state index contributed by atoms with van der Waals surface area (Å²) in [5.74, 6) is 0. The molecule has 0 fully saturated rings. The first-order chi connectivity index (χ1) is 28.8. The molecule has 0 saturated carbocycles. The molecule has 1 nitrogen and oxygen atoms in total. The molecule has 0 amide bonds. The van der Waals surface area contributed by atoms with Gasteiger partial charge >= 0.3 is 0 Å². The van der Waals surface area contributed by atoms with Gasteiger partial charge < -0.3 is 4.57 Å². The summed E-state index contributed by atoms with van der Waals surface area (Å²) in [6.45, 7) is 0. The van der Waals surface area contributed by atoms with E-state index in [1.165, 1.54) is 135 Å². The number of nitrogens with zero attached hydrogens (tertiary/aromatic N) is 1. The number of fused-ring (bicyclic) bond motifs is 22. The van der Waals surface area contributed by atoms with E-state index >= 15 is 0 Å². The van der Waals surface area contributed by atoms with Crippen LogP contribution < -0.4 is 0 Å². The van der Waals surface area contributed by atoms with E-state index in [2.05, 4.69) is 180 Å². The van der Waals surface area contributed by atoms with E-state index in [9.17, 15) is 0 Å². The van der Waals surface area contributed by atoms with Crippen molar-refractivity contribution in [2.75, 3.05) is 0 Å². The van der Waals surface area contributed by atoms with Crippen LogP contribution in [0.2, 0.25) is 0 Å². The Balaban J connectivity index is 1.24. The molecule has 0 bridgehead atoms. The summed E-state index contributed by atoms with van der Waals surface area (Å²) < 4.78 is 7.79. The molecule has 2 aliphatic rings. The zero-order chi connectivity index (χ0) is 37.6. The van der Waals surface area contributed by atoms with Crippen molar-refractivity contribution in [3.8, 4) is 61.3 Å². The minimum atomic E-state index is 0.947. The maximum absolute atomic E-state index is 2.57. The van der Waals surface area contributed by atoms with E-state index in [4.69, 9.17) is 0 Å². The molecule has 0 aliphatic heterocycles. The van der Waals surface area contributed by atoms with E-state index in [0.717, 1.165) is 6.42 Å². The maximum atomic E-state index is 2.57. The summed E-state index contributed by atoms with van der Waals surface area (Å²) in [6, 6.07) is 66.8. The van der Waals surface area contributed by atoms with Crippen molar-refractivity contribution in [3.05, 3.63) is 187 Å². The first-order valence-corrected chi connectivity index (χ1v) is 21.7. The van der Waals surface area contributed by atoms with Gasteiger partial charge in [-0.05, 0) is 140 Å². The third kappa shape index (κ3) is 4.09. The molecule has 268 valence electrons. The van der Waals surface area contributed by atoms with Gasteiger partial charge in [-0.3, -0.25) is 0 Å². The molecule has 0 N–H and O–H groups in total. The van der Waals surface area contributed by atoms with Crippen LogP contribution in [0, 0.1) is 0 Å². The Morgan fingerprint density at radius 3 is 1.64 bits per heavy atom. The molecule has 0 unspecified atom stereocenters.